The van der Waals surface area contributed by atoms with Crippen LogP contribution >= 0.6 is 0 Å². The SMILES string of the molecule is CN(C)CCN(Cc1ccccc1)C(=O)C(Oc1ccc(B(O)O)cc1)c1ccccc1. The first kappa shape index (κ1) is 23.5. The lowest BCUT2D eigenvalue weighted by Crippen LogP contribution is -2.40. The first-order valence-corrected chi connectivity index (χ1v) is 10.6. The molecule has 1 atom stereocenters. The third kappa shape index (κ3) is 6.69. The van der Waals surface area contributed by atoms with Gasteiger partial charge in [0.15, 0.2) is 0 Å². The van der Waals surface area contributed by atoms with Gasteiger partial charge in [0, 0.05) is 25.2 Å². The molecule has 3 aromatic rings. The van der Waals surface area contributed by atoms with Gasteiger partial charge >= 0.3 is 7.12 Å². The minimum Gasteiger partial charge on any atom is -0.476 e. The molecule has 0 spiro atoms. The van der Waals surface area contributed by atoms with E-state index in [0.717, 1.165) is 17.7 Å². The second-order valence-electron chi connectivity index (χ2n) is 7.90. The van der Waals surface area contributed by atoms with E-state index < -0.39 is 13.2 Å². The Bertz CT molecular complexity index is 966. The number of rotatable bonds is 10. The summed E-state index contributed by atoms with van der Waals surface area (Å²) >= 11 is 0. The summed E-state index contributed by atoms with van der Waals surface area (Å²) in [7, 11) is 2.41. The zero-order valence-corrected chi connectivity index (χ0v) is 18.5. The van der Waals surface area contributed by atoms with Gasteiger partial charge in [0.1, 0.15) is 5.75 Å². The first-order valence-electron chi connectivity index (χ1n) is 10.6. The van der Waals surface area contributed by atoms with Crippen LogP contribution in [0.15, 0.2) is 84.9 Å². The summed E-state index contributed by atoms with van der Waals surface area (Å²) in [5.74, 6) is 0.344. The molecule has 0 fully saturated rings. The van der Waals surface area contributed by atoms with Crippen LogP contribution in [0.1, 0.15) is 17.2 Å². The zero-order chi connectivity index (χ0) is 22.9. The lowest BCUT2D eigenvalue weighted by molar-refractivity contribution is -0.140. The van der Waals surface area contributed by atoms with E-state index >= 15 is 0 Å². The van der Waals surface area contributed by atoms with Gasteiger partial charge < -0.3 is 24.6 Å². The molecule has 0 heterocycles. The number of benzene rings is 3. The van der Waals surface area contributed by atoms with Crippen molar-refractivity contribution in [1.29, 1.82) is 0 Å². The third-order valence-electron chi connectivity index (χ3n) is 5.10. The molecule has 0 aliphatic heterocycles. The number of hydrogen-bond acceptors (Lipinski definition) is 5. The third-order valence-corrected chi connectivity index (χ3v) is 5.10. The fourth-order valence-electron chi connectivity index (χ4n) is 3.30. The summed E-state index contributed by atoms with van der Waals surface area (Å²) < 4.78 is 6.15. The molecular formula is C25H29BN2O4. The van der Waals surface area contributed by atoms with Crippen molar-refractivity contribution >= 4 is 18.5 Å². The van der Waals surface area contributed by atoms with Crippen LogP contribution in [0.25, 0.3) is 0 Å². The Kier molecular flexibility index (Phi) is 8.44. The Hall–Kier alpha value is -3.13. The summed E-state index contributed by atoms with van der Waals surface area (Å²) in [6.45, 7) is 1.77. The van der Waals surface area contributed by atoms with Gasteiger partial charge in [-0.05, 0) is 37.3 Å². The summed E-state index contributed by atoms with van der Waals surface area (Å²) in [6, 6.07) is 25.7. The van der Waals surface area contributed by atoms with Crippen molar-refractivity contribution in [2.24, 2.45) is 0 Å². The molecule has 0 saturated carbocycles. The molecule has 0 radical (unpaired) electrons. The van der Waals surface area contributed by atoms with Crippen LogP contribution in [0.4, 0.5) is 0 Å². The van der Waals surface area contributed by atoms with E-state index in [4.69, 9.17) is 4.74 Å². The van der Waals surface area contributed by atoms with Crippen molar-refractivity contribution in [2.75, 3.05) is 27.2 Å². The van der Waals surface area contributed by atoms with Gasteiger partial charge in [-0.1, -0.05) is 72.8 Å². The van der Waals surface area contributed by atoms with E-state index in [-0.39, 0.29) is 5.91 Å². The minimum absolute atomic E-state index is 0.131. The van der Waals surface area contributed by atoms with E-state index in [1.165, 1.54) is 0 Å². The van der Waals surface area contributed by atoms with E-state index in [9.17, 15) is 14.8 Å². The monoisotopic (exact) mass is 432 g/mol. The standard InChI is InChI=1S/C25H29BN2O4/c1-27(2)17-18-28(19-20-9-5-3-6-10-20)25(29)24(21-11-7-4-8-12-21)32-23-15-13-22(14-16-23)26(30)31/h3-16,24,30-31H,17-19H2,1-2H3. The highest BCUT2D eigenvalue weighted by Crippen LogP contribution is 2.24. The predicted octanol–water partition coefficient (Wildman–Crippen LogP) is 2.08. The molecule has 0 aliphatic carbocycles. The van der Waals surface area contributed by atoms with Crippen molar-refractivity contribution in [3.8, 4) is 5.75 Å². The van der Waals surface area contributed by atoms with Gasteiger partial charge in [-0.3, -0.25) is 4.79 Å². The summed E-state index contributed by atoms with van der Waals surface area (Å²) in [5, 5.41) is 18.7. The highest BCUT2D eigenvalue weighted by atomic mass is 16.5. The van der Waals surface area contributed by atoms with Crippen LogP contribution in [-0.4, -0.2) is 60.1 Å². The van der Waals surface area contributed by atoms with E-state index in [0.29, 0.717) is 24.3 Å². The topological polar surface area (TPSA) is 73.2 Å². The molecule has 32 heavy (non-hydrogen) atoms. The van der Waals surface area contributed by atoms with Gasteiger partial charge in [0.05, 0.1) is 0 Å². The van der Waals surface area contributed by atoms with Crippen molar-refractivity contribution in [3.63, 3.8) is 0 Å². The maximum absolute atomic E-state index is 13.7. The van der Waals surface area contributed by atoms with Gasteiger partial charge in [0.25, 0.3) is 5.91 Å². The van der Waals surface area contributed by atoms with Crippen LogP contribution in [0.2, 0.25) is 0 Å². The number of likely N-dealkylation sites (N-methyl/N-ethyl adjacent to an activating group) is 1. The molecule has 0 aromatic heterocycles. The Balaban J connectivity index is 1.88. The molecule has 1 unspecified atom stereocenters. The van der Waals surface area contributed by atoms with E-state index in [2.05, 4.69) is 0 Å². The summed E-state index contributed by atoms with van der Waals surface area (Å²) in [4.78, 5) is 17.6. The molecular weight excluding hydrogens is 403 g/mol. The van der Waals surface area contributed by atoms with Gasteiger partial charge in [0.2, 0.25) is 6.10 Å². The summed E-state index contributed by atoms with van der Waals surface area (Å²) in [6.07, 6.45) is -0.827. The van der Waals surface area contributed by atoms with E-state index in [1.807, 2.05) is 84.6 Å². The van der Waals surface area contributed by atoms with Gasteiger partial charge in [-0.2, -0.15) is 0 Å². The number of nitrogens with zero attached hydrogens (tertiary/aromatic N) is 2. The maximum Gasteiger partial charge on any atom is 0.488 e. The highest BCUT2D eigenvalue weighted by molar-refractivity contribution is 6.58. The Morgan fingerprint density at radius 2 is 1.47 bits per heavy atom. The zero-order valence-electron chi connectivity index (χ0n) is 18.5. The van der Waals surface area contributed by atoms with Crippen LogP contribution in [0, 0.1) is 0 Å². The molecule has 7 heteroatoms. The lowest BCUT2D eigenvalue weighted by atomic mass is 9.80. The van der Waals surface area contributed by atoms with Gasteiger partial charge in [-0.15, -0.1) is 0 Å². The number of amides is 1. The second-order valence-corrected chi connectivity index (χ2v) is 7.90. The van der Waals surface area contributed by atoms with Gasteiger partial charge in [-0.25, -0.2) is 0 Å². The Morgan fingerprint density at radius 1 is 0.875 bits per heavy atom. The fraction of sp³-hybridized carbons (Fsp3) is 0.240. The quantitative estimate of drug-likeness (QED) is 0.480. The molecule has 6 nitrogen and oxygen atoms in total. The minimum atomic E-state index is -1.55. The van der Waals surface area contributed by atoms with Crippen molar-refractivity contribution in [1.82, 2.24) is 9.80 Å². The largest absolute Gasteiger partial charge is 0.488 e. The maximum atomic E-state index is 13.7. The van der Waals surface area contributed by atoms with Crippen LogP contribution in [0.5, 0.6) is 5.75 Å². The number of ether oxygens (including phenoxy) is 1. The molecule has 0 saturated heterocycles. The van der Waals surface area contributed by atoms with Crippen molar-refractivity contribution < 1.29 is 19.6 Å². The lowest BCUT2D eigenvalue weighted by Gasteiger charge is -2.29. The molecule has 3 aromatic carbocycles. The first-order chi connectivity index (χ1) is 15.4. The average Bonchev–Trinajstić information content (AvgIpc) is 2.81. The van der Waals surface area contributed by atoms with Crippen molar-refractivity contribution in [3.05, 3.63) is 96.1 Å². The van der Waals surface area contributed by atoms with E-state index in [1.54, 1.807) is 24.3 Å². The number of hydrogen-bond donors (Lipinski definition) is 2. The second kappa shape index (κ2) is 11.5. The normalized spacial score (nSPS) is 11.8. The van der Waals surface area contributed by atoms with Crippen LogP contribution < -0.4 is 10.2 Å². The molecule has 3 rings (SSSR count). The average molecular weight is 432 g/mol. The Labute approximate surface area is 189 Å². The summed E-state index contributed by atoms with van der Waals surface area (Å²) in [5.41, 5.74) is 2.16. The smallest absolute Gasteiger partial charge is 0.476 e. The predicted molar refractivity (Wildman–Crippen MR) is 126 cm³/mol. The molecule has 2 N–H and O–H groups in total. The molecule has 166 valence electrons. The molecule has 1 amide bonds. The number of carbonyl (C=O) groups is 1. The van der Waals surface area contributed by atoms with Crippen molar-refractivity contribution in [2.45, 2.75) is 12.6 Å². The van der Waals surface area contributed by atoms with Crippen LogP contribution in [0.3, 0.4) is 0 Å². The highest BCUT2D eigenvalue weighted by Gasteiger charge is 2.28. The Morgan fingerprint density at radius 3 is 2.03 bits per heavy atom. The molecule has 0 bridgehead atoms. The van der Waals surface area contributed by atoms with Crippen LogP contribution in [-0.2, 0) is 11.3 Å². The fourth-order valence-corrected chi connectivity index (χ4v) is 3.30. The number of carbonyl (C=O) groups excluding carboxylic acids is 1. The molecule has 0 aliphatic rings.